The van der Waals surface area contributed by atoms with Crippen LogP contribution >= 0.6 is 34.3 Å². The van der Waals surface area contributed by atoms with E-state index in [1.807, 2.05) is 0 Å². The van der Waals surface area contributed by atoms with Gasteiger partial charge in [-0.05, 0) is 43.2 Å². The second-order valence-corrected chi connectivity index (χ2v) is 10.7. The Morgan fingerprint density at radius 1 is 1.37 bits per heavy atom. The minimum Gasteiger partial charge on any atom is -0.462 e. The number of aryl methyl sites for hydroxylation is 1. The maximum Gasteiger partial charge on any atom is 0.410 e. The fourth-order valence-electron chi connectivity index (χ4n) is 4.48. The molecule has 0 fully saturated rings. The zero-order chi connectivity index (χ0) is 24.9. The maximum atomic E-state index is 14.0. The van der Waals surface area contributed by atoms with Crippen molar-refractivity contribution in [2.45, 2.75) is 50.9 Å². The van der Waals surface area contributed by atoms with Crippen LogP contribution in [-0.2, 0) is 17.6 Å². The normalized spacial score (nSPS) is 19.1. The van der Waals surface area contributed by atoms with Crippen molar-refractivity contribution >= 4 is 57.0 Å². The average Bonchev–Trinajstić information content (AvgIpc) is 3.57. The summed E-state index contributed by atoms with van der Waals surface area (Å²) in [6.45, 7) is 1.86. The highest BCUT2D eigenvalue weighted by molar-refractivity contribution is 7.17. The van der Waals surface area contributed by atoms with Crippen molar-refractivity contribution in [1.29, 1.82) is 0 Å². The lowest BCUT2D eigenvalue weighted by atomic mass is 10.0. The van der Waals surface area contributed by atoms with Crippen LogP contribution < -0.4 is 10.6 Å². The molecule has 2 atom stereocenters. The molecule has 7 nitrogen and oxygen atoms in total. The molecule has 0 spiro atoms. The average molecular weight is 545 g/mol. The van der Waals surface area contributed by atoms with E-state index in [1.54, 1.807) is 24.4 Å². The highest BCUT2D eigenvalue weighted by atomic mass is 35.5. The van der Waals surface area contributed by atoms with Gasteiger partial charge in [-0.1, -0.05) is 17.7 Å². The minimum absolute atomic E-state index is 0.0666. The molecule has 5 rings (SSSR count). The molecular weight excluding hydrogens is 525 g/mol. The second kappa shape index (κ2) is 9.14. The molecular formula is C22H20ClF3N4O3S2. The number of ether oxygens (including phenoxy) is 1. The van der Waals surface area contributed by atoms with E-state index in [0.29, 0.717) is 12.0 Å². The number of fused-ring (bicyclic) bond motifs is 2. The van der Waals surface area contributed by atoms with Gasteiger partial charge in [-0.3, -0.25) is 4.79 Å². The molecule has 1 aliphatic heterocycles. The first kappa shape index (κ1) is 24.1. The first-order chi connectivity index (χ1) is 16.7. The number of halogens is 4. The summed E-state index contributed by atoms with van der Waals surface area (Å²) < 4.78 is 47.8. The minimum atomic E-state index is -4.60. The Balaban J connectivity index is 1.49. The van der Waals surface area contributed by atoms with E-state index in [9.17, 15) is 22.8 Å². The van der Waals surface area contributed by atoms with E-state index >= 15 is 0 Å². The molecule has 0 saturated heterocycles. The molecule has 13 heteroatoms. The Morgan fingerprint density at radius 3 is 2.86 bits per heavy atom. The van der Waals surface area contributed by atoms with Gasteiger partial charge in [-0.15, -0.1) is 22.7 Å². The molecule has 4 heterocycles. The summed E-state index contributed by atoms with van der Waals surface area (Å²) in [7, 11) is 0. The predicted octanol–water partition coefficient (Wildman–Crippen LogP) is 6.24. The number of alkyl halides is 3. The van der Waals surface area contributed by atoms with Crippen LogP contribution in [-0.4, -0.2) is 34.4 Å². The maximum absolute atomic E-state index is 14.0. The highest BCUT2D eigenvalue weighted by Gasteiger charge is 2.48. The van der Waals surface area contributed by atoms with Crippen LogP contribution in [0.15, 0.2) is 17.5 Å². The summed E-state index contributed by atoms with van der Waals surface area (Å²) in [5.41, 5.74) is 0.789. The van der Waals surface area contributed by atoms with Crippen LogP contribution in [0.1, 0.15) is 68.0 Å². The number of hydrogen-bond donors (Lipinski definition) is 2. The molecule has 2 N–H and O–H groups in total. The fourth-order valence-corrected chi connectivity index (χ4v) is 6.81. The van der Waals surface area contributed by atoms with Gasteiger partial charge >= 0.3 is 12.1 Å². The Kier molecular flexibility index (Phi) is 6.30. The van der Waals surface area contributed by atoms with Crippen LogP contribution in [0.2, 0.25) is 5.02 Å². The number of esters is 1. The third-order valence-electron chi connectivity index (χ3n) is 6.03. The van der Waals surface area contributed by atoms with Crippen LogP contribution in [0.5, 0.6) is 0 Å². The van der Waals surface area contributed by atoms with Crippen molar-refractivity contribution in [3.05, 3.63) is 49.1 Å². The van der Waals surface area contributed by atoms with E-state index in [4.69, 9.17) is 16.3 Å². The Hall–Kier alpha value is -2.57. The summed E-state index contributed by atoms with van der Waals surface area (Å²) >= 11 is 9.01. The molecule has 1 aliphatic carbocycles. The standard InChI is InChI=1S/C22H20ClF3N4O3S2/c1-2-33-21(32)15-10-5-3-6-12(10)35-20(15)28-19(31)17-16(23)18-27-11(13-7-4-8-34-13)9-14(22(24,25)26)30(18)29-17/h4,7-8,11,14,27H,2-3,5-6,9H2,1H3,(H,28,31)/t11-,14-/m1/s1. The zero-order valence-electron chi connectivity index (χ0n) is 18.4. The lowest BCUT2D eigenvalue weighted by Gasteiger charge is -2.32. The third kappa shape index (κ3) is 4.31. The van der Waals surface area contributed by atoms with Gasteiger partial charge in [-0.2, -0.15) is 18.3 Å². The Morgan fingerprint density at radius 2 is 2.17 bits per heavy atom. The molecule has 2 aliphatic rings. The number of aromatic nitrogens is 2. The van der Waals surface area contributed by atoms with E-state index in [-0.39, 0.29) is 34.6 Å². The molecule has 3 aromatic heterocycles. The van der Waals surface area contributed by atoms with Crippen molar-refractivity contribution < 1.29 is 27.5 Å². The van der Waals surface area contributed by atoms with Gasteiger partial charge < -0.3 is 15.4 Å². The molecule has 0 unspecified atom stereocenters. The van der Waals surface area contributed by atoms with Gasteiger partial charge in [-0.25, -0.2) is 9.48 Å². The molecule has 0 bridgehead atoms. The molecule has 35 heavy (non-hydrogen) atoms. The summed E-state index contributed by atoms with van der Waals surface area (Å²) in [5.74, 6) is -1.41. The van der Waals surface area contributed by atoms with Crippen molar-refractivity contribution in [3.63, 3.8) is 0 Å². The molecule has 0 aromatic carbocycles. The number of thiophene rings is 2. The number of anilines is 2. The first-order valence-electron chi connectivity index (χ1n) is 11.0. The van der Waals surface area contributed by atoms with Crippen LogP contribution in [0.25, 0.3) is 0 Å². The molecule has 1 amide bonds. The van der Waals surface area contributed by atoms with Crippen LogP contribution in [0, 0.1) is 0 Å². The summed E-state index contributed by atoms with van der Waals surface area (Å²) in [6, 6.07) is 0.923. The summed E-state index contributed by atoms with van der Waals surface area (Å²) in [6.07, 6.45) is -2.51. The number of nitrogens with one attached hydrogen (secondary N) is 2. The zero-order valence-corrected chi connectivity index (χ0v) is 20.8. The predicted molar refractivity (Wildman–Crippen MR) is 128 cm³/mol. The highest BCUT2D eigenvalue weighted by Crippen LogP contribution is 2.47. The van der Waals surface area contributed by atoms with Crippen molar-refractivity contribution in [2.75, 3.05) is 17.2 Å². The van der Waals surface area contributed by atoms with E-state index in [0.717, 1.165) is 32.8 Å². The summed E-state index contributed by atoms with van der Waals surface area (Å²) in [5, 5.41) is 11.5. The number of nitrogens with zero attached hydrogens (tertiary/aromatic N) is 2. The van der Waals surface area contributed by atoms with E-state index in [1.165, 1.54) is 22.7 Å². The second-order valence-electron chi connectivity index (χ2n) is 8.20. The van der Waals surface area contributed by atoms with Crippen molar-refractivity contribution in [3.8, 4) is 0 Å². The van der Waals surface area contributed by atoms with Gasteiger partial charge in [0.25, 0.3) is 5.91 Å². The topological polar surface area (TPSA) is 85.2 Å². The number of rotatable bonds is 5. The van der Waals surface area contributed by atoms with Gasteiger partial charge in [0, 0.05) is 16.2 Å². The number of carbonyl (C=O) groups excluding carboxylic acids is 2. The van der Waals surface area contributed by atoms with Crippen molar-refractivity contribution in [2.24, 2.45) is 0 Å². The van der Waals surface area contributed by atoms with Crippen LogP contribution in [0.4, 0.5) is 24.0 Å². The fraction of sp³-hybridized carbons (Fsp3) is 0.409. The Bertz CT molecular complexity index is 1290. The van der Waals surface area contributed by atoms with E-state index in [2.05, 4.69) is 15.7 Å². The largest absolute Gasteiger partial charge is 0.462 e. The van der Waals surface area contributed by atoms with Gasteiger partial charge in [0.1, 0.15) is 15.8 Å². The number of amides is 1. The van der Waals surface area contributed by atoms with Crippen LogP contribution in [0.3, 0.4) is 0 Å². The SMILES string of the molecule is CCOC(=O)c1c(NC(=O)c2nn3c(c2Cl)N[C@@H](c2cccs2)C[C@@H]3C(F)(F)F)sc2c1CCC2. The molecule has 0 saturated carbocycles. The van der Waals surface area contributed by atoms with Gasteiger partial charge in [0.15, 0.2) is 11.7 Å². The van der Waals surface area contributed by atoms with Gasteiger partial charge in [0.05, 0.1) is 18.2 Å². The third-order valence-corrected chi connectivity index (χ3v) is 8.58. The Labute approximate surface area is 211 Å². The molecule has 186 valence electrons. The molecule has 0 radical (unpaired) electrons. The monoisotopic (exact) mass is 544 g/mol. The molecule has 3 aromatic rings. The van der Waals surface area contributed by atoms with Gasteiger partial charge in [0.2, 0.25) is 0 Å². The van der Waals surface area contributed by atoms with E-state index < -0.39 is 30.1 Å². The lowest BCUT2D eigenvalue weighted by molar-refractivity contribution is -0.173. The smallest absolute Gasteiger partial charge is 0.410 e. The van der Waals surface area contributed by atoms with Crippen molar-refractivity contribution in [1.82, 2.24) is 9.78 Å². The quantitative estimate of drug-likeness (QED) is 0.372. The first-order valence-corrected chi connectivity index (χ1v) is 13.0. The lowest BCUT2D eigenvalue weighted by Crippen LogP contribution is -2.35. The number of carbonyl (C=O) groups is 2. The summed E-state index contributed by atoms with van der Waals surface area (Å²) in [4.78, 5) is 27.4. The number of hydrogen-bond acceptors (Lipinski definition) is 7.